The minimum atomic E-state index is -0.419. The Morgan fingerprint density at radius 2 is 1.65 bits per heavy atom. The molecule has 20 heavy (non-hydrogen) atoms. The number of halogens is 1. The van der Waals surface area contributed by atoms with Crippen LogP contribution in [0.25, 0.3) is 0 Å². The fraction of sp³-hybridized carbons (Fsp3) is 0.133. The second-order valence-electron chi connectivity index (χ2n) is 4.29. The van der Waals surface area contributed by atoms with E-state index in [1.54, 1.807) is 0 Å². The van der Waals surface area contributed by atoms with Crippen molar-refractivity contribution < 1.29 is 19.7 Å². The molecule has 2 N–H and O–H groups in total. The van der Waals surface area contributed by atoms with Gasteiger partial charge in [-0.15, -0.1) is 0 Å². The molecule has 0 fully saturated rings. The van der Waals surface area contributed by atoms with Gasteiger partial charge in [-0.3, -0.25) is 4.79 Å². The van der Waals surface area contributed by atoms with Gasteiger partial charge >= 0.3 is 5.97 Å². The number of phenolic OH excluding ortho intramolecular Hbond substituents is 2. The number of rotatable bonds is 4. The van der Waals surface area contributed by atoms with Crippen LogP contribution in [-0.4, -0.2) is 16.2 Å². The van der Waals surface area contributed by atoms with Crippen molar-refractivity contribution in [2.75, 3.05) is 0 Å². The van der Waals surface area contributed by atoms with Gasteiger partial charge in [-0.2, -0.15) is 0 Å². The molecule has 2 aromatic rings. The summed E-state index contributed by atoms with van der Waals surface area (Å²) < 4.78 is 6.04. The molecule has 0 saturated heterocycles. The quantitative estimate of drug-likeness (QED) is 0.663. The van der Waals surface area contributed by atoms with Gasteiger partial charge in [0.1, 0.15) is 17.2 Å². The number of hydrogen-bond donors (Lipinski definition) is 2. The van der Waals surface area contributed by atoms with Crippen LogP contribution in [0.4, 0.5) is 0 Å². The van der Waals surface area contributed by atoms with Crippen LogP contribution >= 0.6 is 15.9 Å². The number of benzene rings is 2. The summed E-state index contributed by atoms with van der Waals surface area (Å²) in [6.45, 7) is 0. The fourth-order valence-electron chi connectivity index (χ4n) is 1.71. The molecular weight excluding hydrogens is 324 g/mol. The van der Waals surface area contributed by atoms with E-state index in [9.17, 15) is 15.0 Å². The van der Waals surface area contributed by atoms with Crippen LogP contribution < -0.4 is 4.74 Å². The maximum Gasteiger partial charge on any atom is 0.311 e. The predicted octanol–water partition coefficient (Wildman–Crippen LogP) is 3.40. The highest BCUT2D eigenvalue weighted by atomic mass is 79.9. The molecule has 104 valence electrons. The number of aryl methyl sites for hydroxylation is 1. The van der Waals surface area contributed by atoms with E-state index in [2.05, 4.69) is 15.9 Å². The molecule has 0 saturated carbocycles. The molecule has 0 amide bonds. The summed E-state index contributed by atoms with van der Waals surface area (Å²) in [7, 11) is 0. The van der Waals surface area contributed by atoms with Crippen molar-refractivity contribution in [3.8, 4) is 17.2 Å². The average Bonchev–Trinajstić information content (AvgIpc) is 2.37. The molecule has 0 atom stereocenters. The third kappa shape index (κ3) is 4.28. The van der Waals surface area contributed by atoms with Gasteiger partial charge < -0.3 is 14.9 Å². The van der Waals surface area contributed by atoms with Crippen LogP contribution in [0.5, 0.6) is 17.2 Å². The van der Waals surface area contributed by atoms with Crippen molar-refractivity contribution in [1.29, 1.82) is 0 Å². The second kappa shape index (κ2) is 6.43. The monoisotopic (exact) mass is 336 g/mol. The third-order valence-corrected chi connectivity index (χ3v) is 3.17. The Morgan fingerprint density at radius 1 is 1.05 bits per heavy atom. The molecule has 2 aromatic carbocycles. The van der Waals surface area contributed by atoms with Crippen molar-refractivity contribution in [2.45, 2.75) is 12.8 Å². The molecule has 0 aromatic heterocycles. The van der Waals surface area contributed by atoms with Crippen molar-refractivity contribution in [3.05, 3.63) is 52.5 Å². The smallest absolute Gasteiger partial charge is 0.311 e. The number of carbonyl (C=O) groups is 1. The molecule has 0 bridgehead atoms. The number of phenols is 2. The topological polar surface area (TPSA) is 66.8 Å². The lowest BCUT2D eigenvalue weighted by Gasteiger charge is -2.06. The Bertz CT molecular complexity index is 588. The van der Waals surface area contributed by atoms with Crippen molar-refractivity contribution in [2.24, 2.45) is 0 Å². The SMILES string of the molecule is O=C(CCc1ccc(Br)cc1)Oc1cc(O)cc(O)c1. The zero-order valence-electron chi connectivity index (χ0n) is 10.5. The molecule has 0 aliphatic heterocycles. The van der Waals surface area contributed by atoms with Gasteiger partial charge in [-0.1, -0.05) is 28.1 Å². The van der Waals surface area contributed by atoms with Crippen molar-refractivity contribution in [1.82, 2.24) is 0 Å². The largest absolute Gasteiger partial charge is 0.508 e. The first-order valence-corrected chi connectivity index (χ1v) is 6.80. The first-order chi connectivity index (χ1) is 9.52. The fourth-order valence-corrected chi connectivity index (χ4v) is 1.97. The predicted molar refractivity (Wildman–Crippen MR) is 77.9 cm³/mol. The van der Waals surface area contributed by atoms with Crippen LogP contribution in [0.15, 0.2) is 46.9 Å². The summed E-state index contributed by atoms with van der Waals surface area (Å²) in [4.78, 5) is 11.7. The lowest BCUT2D eigenvalue weighted by Crippen LogP contribution is -2.08. The number of esters is 1. The van der Waals surface area contributed by atoms with E-state index in [0.29, 0.717) is 6.42 Å². The first-order valence-electron chi connectivity index (χ1n) is 6.01. The molecule has 0 radical (unpaired) electrons. The minimum absolute atomic E-state index is 0.128. The van der Waals surface area contributed by atoms with E-state index >= 15 is 0 Å². The van der Waals surface area contributed by atoms with Crippen LogP contribution in [0.3, 0.4) is 0 Å². The maximum absolute atomic E-state index is 11.7. The van der Waals surface area contributed by atoms with E-state index in [1.807, 2.05) is 24.3 Å². The van der Waals surface area contributed by atoms with Crippen LogP contribution in [-0.2, 0) is 11.2 Å². The number of carbonyl (C=O) groups excluding carboxylic acids is 1. The molecule has 2 rings (SSSR count). The lowest BCUT2D eigenvalue weighted by atomic mass is 10.1. The third-order valence-electron chi connectivity index (χ3n) is 2.64. The van der Waals surface area contributed by atoms with Gasteiger partial charge in [-0.05, 0) is 24.1 Å². The van der Waals surface area contributed by atoms with Crippen LogP contribution in [0, 0.1) is 0 Å². The van der Waals surface area contributed by atoms with E-state index < -0.39 is 5.97 Å². The molecule has 5 heteroatoms. The second-order valence-corrected chi connectivity index (χ2v) is 5.20. The highest BCUT2D eigenvalue weighted by Crippen LogP contribution is 2.26. The van der Waals surface area contributed by atoms with Gasteiger partial charge in [0.25, 0.3) is 0 Å². The summed E-state index contributed by atoms with van der Waals surface area (Å²) in [5, 5.41) is 18.6. The zero-order chi connectivity index (χ0) is 14.5. The lowest BCUT2D eigenvalue weighted by molar-refractivity contribution is -0.134. The standard InChI is InChI=1S/C15H13BrO4/c16-11-4-1-10(2-5-11)3-6-15(19)20-14-8-12(17)7-13(18)9-14/h1-2,4-5,7-9,17-18H,3,6H2. The highest BCUT2D eigenvalue weighted by Gasteiger charge is 2.07. The zero-order valence-corrected chi connectivity index (χ0v) is 12.1. The van der Waals surface area contributed by atoms with Gasteiger partial charge in [0.05, 0.1) is 0 Å². The molecule has 0 heterocycles. The Balaban J connectivity index is 1.90. The molecule has 0 aliphatic carbocycles. The Hall–Kier alpha value is -2.01. The summed E-state index contributed by atoms with van der Waals surface area (Å²) >= 11 is 3.34. The average molecular weight is 337 g/mol. The molecule has 0 spiro atoms. The number of aromatic hydroxyl groups is 2. The van der Waals surface area contributed by atoms with E-state index in [1.165, 1.54) is 18.2 Å². The summed E-state index contributed by atoms with van der Waals surface area (Å²) in [6, 6.07) is 11.4. The van der Waals surface area contributed by atoms with Crippen molar-refractivity contribution >= 4 is 21.9 Å². The maximum atomic E-state index is 11.7. The number of hydrogen-bond acceptors (Lipinski definition) is 4. The van der Waals surface area contributed by atoms with E-state index in [4.69, 9.17) is 4.74 Å². The number of ether oxygens (including phenoxy) is 1. The highest BCUT2D eigenvalue weighted by molar-refractivity contribution is 9.10. The van der Waals surface area contributed by atoms with E-state index in [0.717, 1.165) is 10.0 Å². The summed E-state index contributed by atoms with van der Waals surface area (Å²) in [5.74, 6) is -0.595. The summed E-state index contributed by atoms with van der Waals surface area (Å²) in [5.41, 5.74) is 1.03. The normalized spacial score (nSPS) is 10.2. The van der Waals surface area contributed by atoms with Gasteiger partial charge in [0.15, 0.2) is 0 Å². The van der Waals surface area contributed by atoms with Crippen LogP contribution in [0.1, 0.15) is 12.0 Å². The first kappa shape index (κ1) is 14.4. The summed E-state index contributed by atoms with van der Waals surface area (Å²) in [6.07, 6.45) is 0.787. The Labute approximate surface area is 124 Å². The minimum Gasteiger partial charge on any atom is -0.508 e. The Kier molecular flexibility index (Phi) is 4.63. The van der Waals surface area contributed by atoms with Gasteiger partial charge in [0, 0.05) is 29.1 Å². The molecule has 4 nitrogen and oxygen atoms in total. The van der Waals surface area contributed by atoms with Crippen molar-refractivity contribution in [3.63, 3.8) is 0 Å². The Morgan fingerprint density at radius 3 is 2.25 bits per heavy atom. The van der Waals surface area contributed by atoms with E-state index in [-0.39, 0.29) is 23.7 Å². The molecule has 0 unspecified atom stereocenters. The molecule has 0 aliphatic rings. The van der Waals surface area contributed by atoms with Crippen LogP contribution in [0.2, 0.25) is 0 Å². The molecular formula is C15H13BrO4. The van der Waals surface area contributed by atoms with Gasteiger partial charge in [0.2, 0.25) is 0 Å². The van der Waals surface area contributed by atoms with Gasteiger partial charge in [-0.25, -0.2) is 0 Å².